The van der Waals surface area contributed by atoms with E-state index >= 15 is 0 Å². The minimum absolute atomic E-state index is 0.0571. The lowest BCUT2D eigenvalue weighted by Gasteiger charge is -2.26. The predicted octanol–water partition coefficient (Wildman–Crippen LogP) is 1.93. The van der Waals surface area contributed by atoms with Crippen molar-refractivity contribution >= 4 is 19.8 Å². The van der Waals surface area contributed by atoms with E-state index in [9.17, 15) is 24.1 Å². The molecule has 2 aliphatic rings. The largest absolute Gasteiger partial charge is 0.530 e. The van der Waals surface area contributed by atoms with Crippen LogP contribution in [0.15, 0.2) is 35.4 Å². The van der Waals surface area contributed by atoms with E-state index in [1.165, 1.54) is 17.7 Å². The number of aliphatic hydroxyl groups excluding tert-OH is 1. The van der Waals surface area contributed by atoms with Crippen molar-refractivity contribution in [1.29, 1.82) is 0 Å². The van der Waals surface area contributed by atoms with E-state index in [4.69, 9.17) is 23.0 Å². The zero-order chi connectivity index (χ0) is 26.6. The monoisotopic (exact) mass is 538 g/mol. The van der Waals surface area contributed by atoms with E-state index in [1.54, 1.807) is 31.3 Å². The Bertz CT molecular complexity index is 1260. The van der Waals surface area contributed by atoms with E-state index < -0.39 is 50.7 Å². The second-order valence-corrected chi connectivity index (χ2v) is 10.2. The average Bonchev–Trinajstić information content (AvgIpc) is 3.23. The summed E-state index contributed by atoms with van der Waals surface area (Å²) in [5, 5.41) is 10.4. The molecule has 37 heavy (non-hydrogen) atoms. The van der Waals surface area contributed by atoms with Crippen LogP contribution in [-0.4, -0.2) is 52.2 Å². The first-order valence-corrected chi connectivity index (χ1v) is 13.0. The highest BCUT2D eigenvalue weighted by molar-refractivity contribution is 7.49. The van der Waals surface area contributed by atoms with Crippen molar-refractivity contribution in [2.24, 2.45) is 0 Å². The molecule has 4 rings (SSSR count). The fourth-order valence-corrected chi connectivity index (χ4v) is 5.01. The lowest BCUT2D eigenvalue weighted by molar-refractivity contribution is -0.165. The lowest BCUT2D eigenvalue weighted by atomic mass is 10.1. The fraction of sp³-hybridized carbons (Fsp3) is 0.478. The van der Waals surface area contributed by atoms with Crippen LogP contribution in [0.1, 0.15) is 42.7 Å². The molecule has 0 aliphatic carbocycles. The molecule has 0 radical (unpaired) electrons. The van der Waals surface area contributed by atoms with Gasteiger partial charge in [-0.15, -0.1) is 0 Å². The van der Waals surface area contributed by atoms with Gasteiger partial charge in [-0.1, -0.05) is 6.07 Å². The molecule has 1 unspecified atom stereocenters. The first-order chi connectivity index (χ1) is 17.6. The molecule has 2 aliphatic heterocycles. The predicted molar refractivity (Wildman–Crippen MR) is 124 cm³/mol. The van der Waals surface area contributed by atoms with E-state index in [1.807, 2.05) is 0 Å². The number of aryl methyl sites for hydroxylation is 2. The molecule has 1 fully saturated rings. The topological polar surface area (TPSA) is 162 Å². The van der Waals surface area contributed by atoms with Crippen molar-refractivity contribution in [3.8, 4) is 5.75 Å². The summed E-state index contributed by atoms with van der Waals surface area (Å²) < 4.78 is 45.7. The van der Waals surface area contributed by atoms with Crippen molar-refractivity contribution in [1.82, 2.24) is 9.55 Å². The number of phosphoric acid groups is 1. The summed E-state index contributed by atoms with van der Waals surface area (Å²) in [6.07, 6.45) is 1.02. The van der Waals surface area contributed by atoms with Gasteiger partial charge >= 0.3 is 25.5 Å². The zero-order valence-corrected chi connectivity index (χ0v) is 21.1. The molecule has 0 saturated carbocycles. The summed E-state index contributed by atoms with van der Waals surface area (Å²) in [4.78, 5) is 38.2. The van der Waals surface area contributed by atoms with Crippen LogP contribution in [0.3, 0.4) is 0 Å². The number of aliphatic hydroxyl groups is 1. The molecular formula is C23H27N2O11P. The van der Waals surface area contributed by atoms with Crippen LogP contribution in [0.2, 0.25) is 0 Å². The van der Waals surface area contributed by atoms with Crippen LogP contribution in [0.5, 0.6) is 5.75 Å². The number of carbonyl (C=O) groups is 2. The Balaban J connectivity index is 1.29. The highest BCUT2D eigenvalue weighted by atomic mass is 31.2. The Kier molecular flexibility index (Phi) is 8.40. The van der Waals surface area contributed by atoms with Crippen molar-refractivity contribution in [2.45, 2.75) is 58.2 Å². The summed E-state index contributed by atoms with van der Waals surface area (Å²) >= 11 is 0. The van der Waals surface area contributed by atoms with E-state index in [0.717, 1.165) is 11.1 Å². The number of hydrogen-bond donors (Lipinski definition) is 1. The standard InChI is InChI=1S/C23H27N2O11P/c1-14-9-24-23(29)25(10-14)21-8-18(27)20(35-21)12-34-37(30)33-11-17-7-16(3-5-19(17)36-37)4-6-22(28)32-13-31-15(2)26/h3,5,7,9-10,18,20-21,27H,4,6,8,11-13H2,1-2H3/t18-,20+,21+,37?/m0/s1. The van der Waals surface area contributed by atoms with Crippen LogP contribution in [0, 0.1) is 6.92 Å². The molecule has 0 bridgehead atoms. The molecule has 1 aromatic heterocycles. The Labute approximate surface area is 211 Å². The highest BCUT2D eigenvalue weighted by Crippen LogP contribution is 2.55. The first kappa shape index (κ1) is 27.0. The maximum atomic E-state index is 13.0. The number of ether oxygens (including phenoxy) is 3. The van der Waals surface area contributed by atoms with Gasteiger partial charge in [0.1, 0.15) is 18.1 Å². The Morgan fingerprint density at radius 1 is 1.30 bits per heavy atom. The Morgan fingerprint density at radius 2 is 2.11 bits per heavy atom. The second kappa shape index (κ2) is 11.5. The van der Waals surface area contributed by atoms with Crippen molar-refractivity contribution in [3.05, 3.63) is 57.8 Å². The number of benzene rings is 1. The summed E-state index contributed by atoms with van der Waals surface area (Å²) in [6.45, 7) is 2.22. The van der Waals surface area contributed by atoms with Crippen molar-refractivity contribution in [2.75, 3.05) is 13.4 Å². The van der Waals surface area contributed by atoms with Crippen LogP contribution >= 0.6 is 7.82 Å². The molecule has 4 atom stereocenters. The number of hydrogen-bond acceptors (Lipinski definition) is 12. The Hall–Kier alpha value is -3.09. The molecule has 1 saturated heterocycles. The normalized spacial score (nSPS) is 24.7. The summed E-state index contributed by atoms with van der Waals surface area (Å²) in [7, 11) is -3.99. The summed E-state index contributed by atoms with van der Waals surface area (Å²) in [5.74, 6) is -0.762. The molecule has 1 N–H and O–H groups in total. The van der Waals surface area contributed by atoms with Crippen LogP contribution < -0.4 is 10.2 Å². The third-order valence-electron chi connectivity index (χ3n) is 5.67. The van der Waals surface area contributed by atoms with Gasteiger partial charge in [0.25, 0.3) is 0 Å². The van der Waals surface area contributed by atoms with Crippen LogP contribution in [0.4, 0.5) is 0 Å². The minimum atomic E-state index is -3.99. The SMILES string of the molecule is CC(=O)OCOC(=O)CCc1ccc2c(c1)COP(=O)(OC[C@H]1O[C@@H](n3cc(C)cnc3=O)C[C@@H]1O)O2. The molecule has 13 nitrogen and oxygen atoms in total. The first-order valence-electron chi connectivity index (χ1n) is 11.5. The smallest absolute Gasteiger partial charge is 0.428 e. The van der Waals surface area contributed by atoms with Gasteiger partial charge in [-0.05, 0) is 36.6 Å². The lowest BCUT2D eigenvalue weighted by Crippen LogP contribution is -2.28. The third kappa shape index (κ3) is 7.02. The van der Waals surface area contributed by atoms with Gasteiger partial charge in [-0.25, -0.2) is 14.3 Å². The zero-order valence-electron chi connectivity index (χ0n) is 20.2. The van der Waals surface area contributed by atoms with Gasteiger partial charge in [-0.2, -0.15) is 0 Å². The molecule has 200 valence electrons. The third-order valence-corrected chi connectivity index (χ3v) is 7.00. The van der Waals surface area contributed by atoms with Crippen LogP contribution in [0.25, 0.3) is 0 Å². The number of rotatable bonds is 9. The van der Waals surface area contributed by atoms with Gasteiger partial charge in [0, 0.05) is 37.7 Å². The fourth-order valence-electron chi connectivity index (χ4n) is 3.78. The van der Waals surface area contributed by atoms with Crippen LogP contribution in [-0.2, 0) is 50.4 Å². The van der Waals surface area contributed by atoms with Gasteiger partial charge in [0.15, 0.2) is 0 Å². The second-order valence-electron chi connectivity index (χ2n) is 8.57. The maximum Gasteiger partial charge on any atom is 0.530 e. The van der Waals surface area contributed by atoms with Crippen molar-refractivity contribution in [3.63, 3.8) is 0 Å². The highest BCUT2D eigenvalue weighted by Gasteiger charge is 2.40. The Morgan fingerprint density at radius 3 is 2.89 bits per heavy atom. The molecule has 2 aromatic rings. The number of aromatic nitrogens is 2. The molecule has 14 heteroatoms. The molecule has 3 heterocycles. The number of nitrogens with zero attached hydrogens (tertiary/aromatic N) is 2. The van der Waals surface area contributed by atoms with E-state index in [-0.39, 0.29) is 26.1 Å². The van der Waals surface area contributed by atoms with Gasteiger partial charge in [0.2, 0.25) is 6.79 Å². The molecule has 0 amide bonds. The number of carbonyl (C=O) groups excluding carboxylic acids is 2. The molecule has 1 aromatic carbocycles. The molecule has 0 spiro atoms. The maximum absolute atomic E-state index is 13.0. The molecular weight excluding hydrogens is 511 g/mol. The number of phosphoric ester groups is 1. The average molecular weight is 538 g/mol. The van der Waals surface area contributed by atoms with E-state index in [2.05, 4.69) is 9.72 Å². The number of esters is 2. The van der Waals surface area contributed by atoms with Gasteiger partial charge < -0.3 is 23.8 Å². The number of fused-ring (bicyclic) bond motifs is 1. The van der Waals surface area contributed by atoms with Gasteiger partial charge in [0.05, 0.1) is 19.3 Å². The quantitative estimate of drug-likeness (QED) is 0.281. The van der Waals surface area contributed by atoms with Gasteiger partial charge in [-0.3, -0.25) is 23.2 Å². The summed E-state index contributed by atoms with van der Waals surface area (Å²) in [6, 6.07) is 5.05. The summed E-state index contributed by atoms with van der Waals surface area (Å²) in [5.41, 5.74) is 1.66. The van der Waals surface area contributed by atoms with Crippen molar-refractivity contribution < 1.29 is 47.0 Å². The van der Waals surface area contributed by atoms with E-state index in [0.29, 0.717) is 17.7 Å². The minimum Gasteiger partial charge on any atom is -0.428 e.